The van der Waals surface area contributed by atoms with Crippen LogP contribution >= 0.6 is 11.3 Å². The second kappa shape index (κ2) is 6.85. The molecule has 4 rings (SSSR count). The molecule has 0 saturated carbocycles. The Morgan fingerprint density at radius 1 is 1.00 bits per heavy atom. The number of nitrogens with zero attached hydrogens (tertiary/aromatic N) is 1. The number of anilines is 1. The van der Waals surface area contributed by atoms with E-state index in [2.05, 4.69) is 0 Å². The van der Waals surface area contributed by atoms with Crippen LogP contribution in [-0.2, 0) is 0 Å². The number of hydrogen-bond acceptors (Lipinski definition) is 3. The number of thiophene rings is 1. The summed E-state index contributed by atoms with van der Waals surface area (Å²) >= 11 is 1.43. The van der Waals surface area contributed by atoms with Crippen molar-refractivity contribution in [3.63, 3.8) is 0 Å². The maximum Gasteiger partial charge on any atom is 0.268 e. The number of rotatable bonds is 3. The number of phenolic OH excluding ortho intramolecular Hbond substituents is 1. The van der Waals surface area contributed by atoms with Gasteiger partial charge in [0, 0.05) is 22.8 Å². The molecule has 1 amide bonds. The molecule has 4 aromatic rings. The maximum atomic E-state index is 13.2. The van der Waals surface area contributed by atoms with E-state index in [-0.39, 0.29) is 17.5 Å². The van der Waals surface area contributed by atoms with Gasteiger partial charge in [-0.15, -0.1) is 11.3 Å². The molecule has 0 aliphatic rings. The van der Waals surface area contributed by atoms with Crippen LogP contribution in [-0.4, -0.2) is 18.1 Å². The molecule has 0 bridgehead atoms. The zero-order valence-electron chi connectivity index (χ0n) is 14.5. The molecular formula is C22H16FNO2S. The predicted octanol–water partition coefficient (Wildman–Crippen LogP) is 5.69. The Kier molecular flexibility index (Phi) is 4.38. The van der Waals surface area contributed by atoms with Gasteiger partial charge in [-0.3, -0.25) is 4.79 Å². The third-order valence-electron chi connectivity index (χ3n) is 4.47. The minimum absolute atomic E-state index is 0.119. The molecule has 3 aromatic carbocycles. The summed E-state index contributed by atoms with van der Waals surface area (Å²) < 4.78 is 14.2. The molecule has 134 valence electrons. The van der Waals surface area contributed by atoms with Crippen molar-refractivity contribution >= 4 is 33.0 Å². The molecule has 3 nitrogen and oxygen atoms in total. The van der Waals surface area contributed by atoms with Crippen molar-refractivity contribution in [2.75, 3.05) is 11.9 Å². The van der Waals surface area contributed by atoms with Crippen LogP contribution in [0.15, 0.2) is 72.8 Å². The second-order valence-electron chi connectivity index (χ2n) is 6.22. The fourth-order valence-corrected chi connectivity index (χ4v) is 4.07. The van der Waals surface area contributed by atoms with Gasteiger partial charge in [-0.1, -0.05) is 24.3 Å². The fourth-order valence-electron chi connectivity index (χ4n) is 3.01. The summed E-state index contributed by atoms with van der Waals surface area (Å²) in [7, 11) is 1.71. The molecule has 1 aromatic heterocycles. The number of carbonyl (C=O) groups is 1. The number of fused-ring (bicyclic) bond motifs is 1. The average molecular weight is 377 g/mol. The molecule has 0 fully saturated rings. The lowest BCUT2D eigenvalue weighted by Crippen LogP contribution is -2.25. The molecule has 0 radical (unpaired) electrons. The van der Waals surface area contributed by atoms with Gasteiger partial charge in [0.2, 0.25) is 0 Å². The van der Waals surface area contributed by atoms with Crippen LogP contribution in [0.2, 0.25) is 0 Å². The smallest absolute Gasteiger partial charge is 0.268 e. The van der Waals surface area contributed by atoms with Gasteiger partial charge < -0.3 is 10.0 Å². The number of hydrogen-bond donors (Lipinski definition) is 1. The molecule has 0 spiro atoms. The first-order valence-electron chi connectivity index (χ1n) is 8.38. The molecule has 0 unspecified atom stereocenters. The van der Waals surface area contributed by atoms with Gasteiger partial charge in [0.25, 0.3) is 5.91 Å². The third-order valence-corrected chi connectivity index (χ3v) is 5.56. The number of phenols is 1. The average Bonchev–Trinajstić information content (AvgIpc) is 3.12. The molecule has 0 atom stereocenters. The molecular weight excluding hydrogens is 361 g/mol. The predicted molar refractivity (Wildman–Crippen MR) is 108 cm³/mol. The monoisotopic (exact) mass is 377 g/mol. The highest BCUT2D eigenvalue weighted by Crippen LogP contribution is 2.35. The first-order chi connectivity index (χ1) is 13.0. The minimum atomic E-state index is -0.275. The van der Waals surface area contributed by atoms with Crippen LogP contribution in [0.25, 0.3) is 21.2 Å². The largest absolute Gasteiger partial charge is 0.508 e. The summed E-state index contributed by atoms with van der Waals surface area (Å²) in [6, 6.07) is 20.6. The molecule has 1 heterocycles. The molecule has 27 heavy (non-hydrogen) atoms. The van der Waals surface area contributed by atoms with Crippen LogP contribution in [0, 0.1) is 5.82 Å². The molecule has 5 heteroatoms. The number of aromatic hydroxyl groups is 1. The topological polar surface area (TPSA) is 40.5 Å². The van der Waals surface area contributed by atoms with Crippen molar-refractivity contribution in [1.29, 1.82) is 0 Å². The van der Waals surface area contributed by atoms with Crippen molar-refractivity contribution in [1.82, 2.24) is 0 Å². The molecule has 0 saturated heterocycles. The lowest BCUT2D eigenvalue weighted by molar-refractivity contribution is 0.0997. The van der Waals surface area contributed by atoms with Gasteiger partial charge in [-0.2, -0.15) is 0 Å². The van der Waals surface area contributed by atoms with Crippen LogP contribution < -0.4 is 4.90 Å². The third kappa shape index (κ3) is 3.29. The fraction of sp³-hybridized carbons (Fsp3) is 0.0455. The Morgan fingerprint density at radius 3 is 2.41 bits per heavy atom. The highest BCUT2D eigenvalue weighted by Gasteiger charge is 2.18. The highest BCUT2D eigenvalue weighted by molar-refractivity contribution is 7.21. The first-order valence-corrected chi connectivity index (χ1v) is 9.20. The van der Waals surface area contributed by atoms with E-state index in [9.17, 15) is 14.3 Å². The van der Waals surface area contributed by atoms with Crippen LogP contribution in [0.3, 0.4) is 0 Å². The van der Waals surface area contributed by atoms with Crippen molar-refractivity contribution in [2.24, 2.45) is 0 Å². The highest BCUT2D eigenvalue weighted by atomic mass is 32.1. The summed E-state index contributed by atoms with van der Waals surface area (Å²) in [4.78, 5) is 15.1. The number of carbonyl (C=O) groups excluding carboxylic acids is 1. The van der Waals surface area contributed by atoms with Crippen molar-refractivity contribution in [3.05, 3.63) is 83.5 Å². The van der Waals surface area contributed by atoms with Gasteiger partial charge in [-0.25, -0.2) is 4.39 Å². The number of halogens is 1. The number of amides is 1. The van der Waals surface area contributed by atoms with Gasteiger partial charge in [0.15, 0.2) is 0 Å². The normalized spacial score (nSPS) is 10.9. The van der Waals surface area contributed by atoms with Crippen LogP contribution in [0.5, 0.6) is 5.75 Å². The van der Waals surface area contributed by atoms with Crippen molar-refractivity contribution in [3.8, 4) is 16.9 Å². The quantitative estimate of drug-likeness (QED) is 0.498. The summed E-state index contributed by atoms with van der Waals surface area (Å²) in [5.41, 5.74) is 2.58. The van der Waals surface area contributed by atoms with E-state index in [4.69, 9.17) is 0 Å². The number of benzene rings is 3. The van der Waals surface area contributed by atoms with Crippen LogP contribution in [0.4, 0.5) is 10.1 Å². The van der Waals surface area contributed by atoms with Gasteiger partial charge in [-0.05, 0) is 59.7 Å². The van der Waals surface area contributed by atoms with E-state index in [1.54, 1.807) is 48.3 Å². The lowest BCUT2D eigenvalue weighted by atomic mass is 10.0. The standard InChI is InChI=1S/C22H16FNO2S/c1-24(16-9-11-17(25)12-10-16)22(26)21-13-19-18(3-2-4-20(19)27-21)14-5-7-15(23)8-6-14/h2-13,25H,1H3. The van der Waals surface area contributed by atoms with E-state index in [0.717, 1.165) is 21.2 Å². The Labute approximate surface area is 159 Å². The van der Waals surface area contributed by atoms with Gasteiger partial charge in [0.05, 0.1) is 4.88 Å². The van der Waals surface area contributed by atoms with Crippen molar-refractivity contribution < 1.29 is 14.3 Å². The summed E-state index contributed by atoms with van der Waals surface area (Å²) in [6.07, 6.45) is 0. The molecule has 0 aliphatic heterocycles. The van der Waals surface area contributed by atoms with E-state index in [0.29, 0.717) is 10.6 Å². The zero-order valence-corrected chi connectivity index (χ0v) is 15.3. The maximum absolute atomic E-state index is 13.2. The van der Waals surface area contributed by atoms with E-state index >= 15 is 0 Å². The Hall–Kier alpha value is -3.18. The van der Waals surface area contributed by atoms with E-state index in [1.165, 1.54) is 23.5 Å². The summed E-state index contributed by atoms with van der Waals surface area (Å²) in [5.74, 6) is -0.236. The Morgan fingerprint density at radius 2 is 1.70 bits per heavy atom. The van der Waals surface area contributed by atoms with Crippen LogP contribution in [0.1, 0.15) is 9.67 Å². The molecule has 1 N–H and O–H groups in total. The summed E-state index contributed by atoms with van der Waals surface area (Å²) in [5, 5.41) is 10.4. The second-order valence-corrected chi connectivity index (χ2v) is 7.30. The van der Waals surface area contributed by atoms with E-state index < -0.39 is 0 Å². The summed E-state index contributed by atoms with van der Waals surface area (Å²) in [6.45, 7) is 0. The van der Waals surface area contributed by atoms with Crippen molar-refractivity contribution in [2.45, 2.75) is 0 Å². The first kappa shape index (κ1) is 17.2. The Balaban J connectivity index is 1.73. The van der Waals surface area contributed by atoms with Gasteiger partial charge in [0.1, 0.15) is 11.6 Å². The van der Waals surface area contributed by atoms with Gasteiger partial charge >= 0.3 is 0 Å². The molecule has 0 aliphatic carbocycles. The van der Waals surface area contributed by atoms with E-state index in [1.807, 2.05) is 24.3 Å². The lowest BCUT2D eigenvalue weighted by Gasteiger charge is -2.16. The SMILES string of the molecule is CN(C(=O)c1cc2c(-c3ccc(F)cc3)cccc2s1)c1ccc(O)cc1. The zero-order chi connectivity index (χ0) is 19.0. The Bertz CT molecular complexity index is 1120. The minimum Gasteiger partial charge on any atom is -0.508 e.